The van der Waals surface area contributed by atoms with E-state index in [1.54, 1.807) is 6.07 Å². The molecule has 1 atom stereocenters. The quantitative estimate of drug-likeness (QED) is 0.563. The molecule has 0 aromatic carbocycles. The lowest BCUT2D eigenvalue weighted by Gasteiger charge is -2.15. The van der Waals surface area contributed by atoms with Crippen LogP contribution in [0.1, 0.15) is 42.2 Å². The van der Waals surface area contributed by atoms with E-state index < -0.39 is 0 Å². The summed E-state index contributed by atoms with van der Waals surface area (Å²) >= 11 is 0. The molecule has 1 aromatic heterocycles. The smallest absolute Gasteiger partial charge is 0.251 e. The number of nitrogens with one attached hydrogen (secondary N) is 2. The summed E-state index contributed by atoms with van der Waals surface area (Å²) in [5, 5.41) is 3.07. The number of likely N-dealkylation sites (tertiary alicyclic amines) is 1. The maximum atomic E-state index is 12.3. The van der Waals surface area contributed by atoms with Gasteiger partial charge in [-0.25, -0.2) is 10.8 Å². The van der Waals surface area contributed by atoms with Crippen molar-refractivity contribution in [3.63, 3.8) is 0 Å². The van der Waals surface area contributed by atoms with Crippen molar-refractivity contribution in [3.05, 3.63) is 23.4 Å². The molecular weight excluding hydrogens is 254 g/mol. The molecule has 4 N–H and O–H groups in total. The van der Waals surface area contributed by atoms with Crippen molar-refractivity contribution in [2.45, 2.75) is 32.2 Å². The third-order valence-electron chi connectivity index (χ3n) is 3.57. The van der Waals surface area contributed by atoms with E-state index in [0.29, 0.717) is 11.4 Å². The normalized spacial score (nSPS) is 19.4. The molecule has 0 radical (unpaired) electrons. The van der Waals surface area contributed by atoms with Crippen molar-refractivity contribution in [2.75, 3.05) is 25.6 Å². The van der Waals surface area contributed by atoms with Crippen LogP contribution in [0, 0.1) is 0 Å². The van der Waals surface area contributed by atoms with Gasteiger partial charge in [0.25, 0.3) is 5.91 Å². The molecule has 2 heterocycles. The molecule has 1 aliphatic heterocycles. The zero-order valence-corrected chi connectivity index (χ0v) is 12.3. The lowest BCUT2D eigenvalue weighted by atomic mass is 10.1. The molecule has 1 saturated heterocycles. The number of amides is 1. The second-order valence-electron chi connectivity index (χ2n) is 5.69. The third kappa shape index (κ3) is 3.46. The number of likely N-dealkylation sites (N-methyl/N-ethyl adjacent to an activating group) is 1. The molecule has 1 amide bonds. The maximum Gasteiger partial charge on any atom is 0.251 e. The molecule has 1 unspecified atom stereocenters. The molecule has 1 aromatic rings. The van der Waals surface area contributed by atoms with E-state index in [9.17, 15) is 4.79 Å². The Kier molecular flexibility index (Phi) is 4.57. The fourth-order valence-corrected chi connectivity index (χ4v) is 2.37. The predicted octanol–water partition coefficient (Wildman–Crippen LogP) is 0.925. The summed E-state index contributed by atoms with van der Waals surface area (Å²) in [6.07, 6.45) is 0.992. The number of anilines is 1. The maximum absolute atomic E-state index is 12.3. The van der Waals surface area contributed by atoms with Crippen molar-refractivity contribution in [2.24, 2.45) is 5.84 Å². The largest absolute Gasteiger partial charge is 0.348 e. The molecule has 20 heavy (non-hydrogen) atoms. The van der Waals surface area contributed by atoms with E-state index in [1.165, 1.54) is 0 Å². The van der Waals surface area contributed by atoms with Crippen LogP contribution >= 0.6 is 0 Å². The Morgan fingerprint density at radius 2 is 2.25 bits per heavy atom. The number of carbonyl (C=O) groups is 1. The number of nitrogens with two attached hydrogens (primary N) is 1. The second kappa shape index (κ2) is 6.19. The summed E-state index contributed by atoms with van der Waals surface area (Å²) < 4.78 is 0. The number of hydrazine groups is 1. The highest BCUT2D eigenvalue weighted by molar-refractivity contribution is 5.95. The van der Waals surface area contributed by atoms with Crippen LogP contribution < -0.4 is 16.6 Å². The Balaban J connectivity index is 2.14. The van der Waals surface area contributed by atoms with E-state index in [1.807, 2.05) is 19.9 Å². The molecule has 1 fully saturated rings. The molecule has 6 nitrogen and oxygen atoms in total. The Morgan fingerprint density at radius 1 is 1.50 bits per heavy atom. The summed E-state index contributed by atoms with van der Waals surface area (Å²) in [6, 6.07) is 3.73. The van der Waals surface area contributed by atoms with Crippen molar-refractivity contribution in [1.82, 2.24) is 15.2 Å². The summed E-state index contributed by atoms with van der Waals surface area (Å²) in [5.74, 6) is 6.12. The average molecular weight is 277 g/mol. The van der Waals surface area contributed by atoms with Gasteiger partial charge in [0.2, 0.25) is 0 Å². The van der Waals surface area contributed by atoms with Crippen LogP contribution in [0.3, 0.4) is 0 Å². The van der Waals surface area contributed by atoms with E-state index >= 15 is 0 Å². The van der Waals surface area contributed by atoms with Gasteiger partial charge in [0.1, 0.15) is 5.82 Å². The number of hydrogen-bond acceptors (Lipinski definition) is 5. The van der Waals surface area contributed by atoms with Crippen LogP contribution in [0.2, 0.25) is 0 Å². The highest BCUT2D eigenvalue weighted by atomic mass is 16.1. The SMILES string of the molecule is CC(C)c1cc(C(=O)NC2CCN(C)C2)cc(NN)n1. The average Bonchev–Trinajstić information content (AvgIpc) is 2.83. The third-order valence-corrected chi connectivity index (χ3v) is 3.57. The number of pyridine rings is 1. The minimum atomic E-state index is -0.0638. The van der Waals surface area contributed by atoms with E-state index in [4.69, 9.17) is 5.84 Å². The summed E-state index contributed by atoms with van der Waals surface area (Å²) in [7, 11) is 2.06. The van der Waals surface area contributed by atoms with E-state index in [-0.39, 0.29) is 17.9 Å². The molecule has 6 heteroatoms. The van der Waals surface area contributed by atoms with Gasteiger partial charge in [-0.05, 0) is 38.1 Å². The number of hydrogen-bond donors (Lipinski definition) is 3. The van der Waals surface area contributed by atoms with Crippen LogP contribution in [0.15, 0.2) is 12.1 Å². The van der Waals surface area contributed by atoms with Gasteiger partial charge < -0.3 is 15.6 Å². The summed E-state index contributed by atoms with van der Waals surface area (Å²) in [4.78, 5) is 18.9. The molecule has 1 aliphatic rings. The lowest BCUT2D eigenvalue weighted by molar-refractivity contribution is 0.0938. The first kappa shape index (κ1) is 14.7. The van der Waals surface area contributed by atoms with Crippen LogP contribution in [-0.4, -0.2) is 42.0 Å². The topological polar surface area (TPSA) is 83.3 Å². The number of rotatable bonds is 4. The van der Waals surface area contributed by atoms with Crippen molar-refractivity contribution >= 4 is 11.7 Å². The second-order valence-corrected chi connectivity index (χ2v) is 5.69. The fourth-order valence-electron chi connectivity index (χ4n) is 2.37. The summed E-state index contributed by atoms with van der Waals surface area (Å²) in [6.45, 7) is 6.00. The highest BCUT2D eigenvalue weighted by Gasteiger charge is 2.22. The molecule has 0 bridgehead atoms. The Bertz CT molecular complexity index is 488. The van der Waals surface area contributed by atoms with E-state index in [2.05, 4.69) is 27.7 Å². The Labute approximate surface area is 119 Å². The van der Waals surface area contributed by atoms with Crippen LogP contribution in [0.5, 0.6) is 0 Å². The molecular formula is C14H23N5O. The standard InChI is InChI=1S/C14H23N5O/c1-9(2)12-6-10(7-13(17-12)18-15)14(20)16-11-4-5-19(3)8-11/h6-7,9,11H,4-5,8,15H2,1-3H3,(H,16,20)(H,17,18). The first-order chi connectivity index (χ1) is 9.49. The van der Waals surface area contributed by atoms with Crippen LogP contribution in [-0.2, 0) is 0 Å². The number of aromatic nitrogens is 1. The Morgan fingerprint density at radius 3 is 2.80 bits per heavy atom. The van der Waals surface area contributed by atoms with Crippen LogP contribution in [0.4, 0.5) is 5.82 Å². The molecule has 110 valence electrons. The van der Waals surface area contributed by atoms with Gasteiger partial charge in [0, 0.05) is 23.8 Å². The summed E-state index contributed by atoms with van der Waals surface area (Å²) in [5.41, 5.74) is 3.98. The predicted molar refractivity (Wildman–Crippen MR) is 79.5 cm³/mol. The minimum Gasteiger partial charge on any atom is -0.348 e. The first-order valence-electron chi connectivity index (χ1n) is 6.97. The van der Waals surface area contributed by atoms with Gasteiger partial charge in [-0.2, -0.15) is 0 Å². The first-order valence-corrected chi connectivity index (χ1v) is 6.97. The van der Waals surface area contributed by atoms with Gasteiger partial charge in [0.15, 0.2) is 0 Å². The van der Waals surface area contributed by atoms with Crippen molar-refractivity contribution in [3.8, 4) is 0 Å². The zero-order chi connectivity index (χ0) is 14.7. The van der Waals surface area contributed by atoms with Crippen molar-refractivity contribution in [1.29, 1.82) is 0 Å². The van der Waals surface area contributed by atoms with Crippen molar-refractivity contribution < 1.29 is 4.79 Å². The molecule has 0 aliphatic carbocycles. The van der Waals surface area contributed by atoms with Gasteiger partial charge in [0.05, 0.1) is 0 Å². The lowest BCUT2D eigenvalue weighted by Crippen LogP contribution is -2.36. The van der Waals surface area contributed by atoms with Gasteiger partial charge in [-0.1, -0.05) is 13.8 Å². The van der Waals surface area contributed by atoms with Gasteiger partial charge in [-0.15, -0.1) is 0 Å². The highest BCUT2D eigenvalue weighted by Crippen LogP contribution is 2.17. The molecule has 2 rings (SSSR count). The number of nitrogen functional groups attached to an aromatic ring is 1. The monoisotopic (exact) mass is 277 g/mol. The van der Waals surface area contributed by atoms with Gasteiger partial charge in [-0.3, -0.25) is 4.79 Å². The van der Waals surface area contributed by atoms with Gasteiger partial charge >= 0.3 is 0 Å². The molecule has 0 spiro atoms. The minimum absolute atomic E-state index is 0.0638. The zero-order valence-electron chi connectivity index (χ0n) is 12.3. The Hall–Kier alpha value is -1.66. The van der Waals surface area contributed by atoms with E-state index in [0.717, 1.165) is 25.2 Å². The van der Waals surface area contributed by atoms with Crippen LogP contribution in [0.25, 0.3) is 0 Å². The number of carbonyl (C=O) groups excluding carboxylic acids is 1. The number of nitrogens with zero attached hydrogens (tertiary/aromatic N) is 2. The fraction of sp³-hybridized carbons (Fsp3) is 0.571. The molecule has 0 saturated carbocycles.